The molecular formula is C11H21N3O2S. The van der Waals surface area contributed by atoms with Gasteiger partial charge in [0.1, 0.15) is 16.6 Å². The topological polar surface area (TPSA) is 56.3 Å². The van der Waals surface area contributed by atoms with Gasteiger partial charge in [0, 0.05) is 20.2 Å². The molecule has 0 fully saturated rings. The molecule has 1 heterocycles. The Balaban J connectivity index is 2.28. The number of hydrogen-bond donors (Lipinski definition) is 1. The summed E-state index contributed by atoms with van der Waals surface area (Å²) in [5.74, 6) is 0. The van der Waals surface area contributed by atoms with Crippen LogP contribution in [0.15, 0.2) is 0 Å². The Bertz CT molecular complexity index is 323. The smallest absolute Gasteiger partial charge is 0.143 e. The van der Waals surface area contributed by atoms with Crippen molar-refractivity contribution in [3.63, 3.8) is 0 Å². The highest BCUT2D eigenvalue weighted by molar-refractivity contribution is 7.11. The Morgan fingerprint density at radius 3 is 2.59 bits per heavy atom. The molecule has 0 aliphatic carbocycles. The molecule has 6 heteroatoms. The third-order valence-electron chi connectivity index (χ3n) is 1.90. The summed E-state index contributed by atoms with van der Waals surface area (Å²) >= 11 is 1.58. The third-order valence-corrected chi connectivity index (χ3v) is 2.79. The van der Waals surface area contributed by atoms with E-state index in [4.69, 9.17) is 9.47 Å². The molecule has 1 aromatic heterocycles. The zero-order valence-corrected chi connectivity index (χ0v) is 11.8. The van der Waals surface area contributed by atoms with Crippen LogP contribution in [0, 0.1) is 0 Å². The Morgan fingerprint density at radius 2 is 1.94 bits per heavy atom. The molecule has 0 saturated carbocycles. The lowest BCUT2D eigenvalue weighted by atomic mass is 10.2. The van der Waals surface area contributed by atoms with Crippen LogP contribution in [0.5, 0.6) is 0 Å². The van der Waals surface area contributed by atoms with Crippen LogP contribution in [0.25, 0.3) is 0 Å². The average molecular weight is 259 g/mol. The van der Waals surface area contributed by atoms with E-state index in [1.165, 1.54) is 0 Å². The lowest BCUT2D eigenvalue weighted by Gasteiger charge is -2.17. The predicted molar refractivity (Wildman–Crippen MR) is 68.0 cm³/mol. The first-order valence-electron chi connectivity index (χ1n) is 5.66. The summed E-state index contributed by atoms with van der Waals surface area (Å²) in [7, 11) is 1.69. The minimum Gasteiger partial charge on any atom is -0.383 e. The van der Waals surface area contributed by atoms with Gasteiger partial charge in [0.2, 0.25) is 0 Å². The second kappa shape index (κ2) is 7.00. The van der Waals surface area contributed by atoms with Crippen LogP contribution in [-0.4, -0.2) is 36.1 Å². The van der Waals surface area contributed by atoms with Gasteiger partial charge in [-0.25, -0.2) is 0 Å². The first kappa shape index (κ1) is 14.5. The van der Waals surface area contributed by atoms with Crippen molar-refractivity contribution >= 4 is 11.3 Å². The van der Waals surface area contributed by atoms with Crippen molar-refractivity contribution < 1.29 is 9.47 Å². The lowest BCUT2D eigenvalue weighted by Crippen LogP contribution is -2.18. The monoisotopic (exact) mass is 259 g/mol. The number of ether oxygens (including phenoxy) is 2. The van der Waals surface area contributed by atoms with Crippen molar-refractivity contribution in [3.8, 4) is 0 Å². The molecule has 0 amide bonds. The van der Waals surface area contributed by atoms with Gasteiger partial charge in [-0.05, 0) is 20.8 Å². The molecular weight excluding hydrogens is 238 g/mol. The molecule has 1 N–H and O–H groups in total. The quantitative estimate of drug-likeness (QED) is 0.754. The third kappa shape index (κ3) is 6.68. The number of methoxy groups -OCH3 is 1. The molecule has 98 valence electrons. The minimum absolute atomic E-state index is 0.136. The van der Waals surface area contributed by atoms with Gasteiger partial charge in [-0.2, -0.15) is 0 Å². The normalized spacial score (nSPS) is 12.0. The van der Waals surface area contributed by atoms with Crippen molar-refractivity contribution in [3.05, 3.63) is 10.0 Å². The van der Waals surface area contributed by atoms with Crippen molar-refractivity contribution in [2.45, 2.75) is 39.5 Å². The summed E-state index contributed by atoms with van der Waals surface area (Å²) in [4.78, 5) is 0. The molecule has 0 bridgehead atoms. The average Bonchev–Trinajstić information content (AvgIpc) is 2.69. The van der Waals surface area contributed by atoms with E-state index in [1.807, 2.05) is 20.8 Å². The van der Waals surface area contributed by atoms with E-state index in [2.05, 4.69) is 15.5 Å². The number of aromatic nitrogens is 2. The molecule has 0 aromatic carbocycles. The second-order valence-electron chi connectivity index (χ2n) is 4.66. The summed E-state index contributed by atoms with van der Waals surface area (Å²) in [5.41, 5.74) is -0.136. The van der Waals surface area contributed by atoms with Crippen LogP contribution < -0.4 is 5.32 Å². The maximum Gasteiger partial charge on any atom is 0.143 e. The fourth-order valence-electron chi connectivity index (χ4n) is 1.07. The Hall–Kier alpha value is -0.560. The summed E-state index contributed by atoms with van der Waals surface area (Å²) in [6, 6.07) is 0. The standard InChI is InChI=1S/C11H21N3O2S/c1-11(2,3)16-8-10-14-13-9(17-10)7-12-5-6-15-4/h12H,5-8H2,1-4H3. The van der Waals surface area contributed by atoms with E-state index in [-0.39, 0.29) is 5.60 Å². The van der Waals surface area contributed by atoms with Gasteiger partial charge in [-0.1, -0.05) is 11.3 Å². The molecule has 0 radical (unpaired) electrons. The fraction of sp³-hybridized carbons (Fsp3) is 0.818. The molecule has 0 aliphatic heterocycles. The van der Waals surface area contributed by atoms with Crippen molar-refractivity contribution in [1.82, 2.24) is 15.5 Å². The molecule has 0 saturated heterocycles. The van der Waals surface area contributed by atoms with Gasteiger partial charge in [-0.3, -0.25) is 0 Å². The predicted octanol–water partition coefficient (Wildman–Crippen LogP) is 1.59. The number of rotatable bonds is 7. The zero-order chi connectivity index (χ0) is 12.7. The highest BCUT2D eigenvalue weighted by Gasteiger charge is 2.12. The summed E-state index contributed by atoms with van der Waals surface area (Å²) in [5, 5.41) is 13.3. The maximum atomic E-state index is 5.64. The Kier molecular flexibility index (Phi) is 5.97. The van der Waals surface area contributed by atoms with Gasteiger partial charge in [0.05, 0.1) is 12.2 Å². The van der Waals surface area contributed by atoms with Crippen molar-refractivity contribution in [2.24, 2.45) is 0 Å². The summed E-state index contributed by atoms with van der Waals surface area (Å²) in [6.45, 7) is 8.88. The zero-order valence-electron chi connectivity index (χ0n) is 10.9. The first-order valence-corrected chi connectivity index (χ1v) is 6.48. The van der Waals surface area contributed by atoms with Crippen molar-refractivity contribution in [1.29, 1.82) is 0 Å². The van der Waals surface area contributed by atoms with Gasteiger partial charge in [0.25, 0.3) is 0 Å². The van der Waals surface area contributed by atoms with E-state index in [1.54, 1.807) is 18.4 Å². The minimum atomic E-state index is -0.136. The molecule has 17 heavy (non-hydrogen) atoms. The lowest BCUT2D eigenvalue weighted by molar-refractivity contribution is -0.0152. The number of hydrogen-bond acceptors (Lipinski definition) is 6. The van der Waals surface area contributed by atoms with Gasteiger partial charge in [-0.15, -0.1) is 10.2 Å². The van der Waals surface area contributed by atoms with Crippen LogP contribution in [0.3, 0.4) is 0 Å². The van der Waals surface area contributed by atoms with Crippen molar-refractivity contribution in [2.75, 3.05) is 20.3 Å². The van der Waals surface area contributed by atoms with Crippen LogP contribution in [-0.2, 0) is 22.6 Å². The van der Waals surface area contributed by atoms with Gasteiger partial charge >= 0.3 is 0 Å². The van der Waals surface area contributed by atoms with Crippen LogP contribution in [0.2, 0.25) is 0 Å². The molecule has 5 nitrogen and oxygen atoms in total. The number of nitrogens with one attached hydrogen (secondary N) is 1. The number of nitrogens with zero attached hydrogens (tertiary/aromatic N) is 2. The fourth-order valence-corrected chi connectivity index (χ4v) is 1.79. The van der Waals surface area contributed by atoms with Crippen LogP contribution >= 0.6 is 11.3 Å². The largest absolute Gasteiger partial charge is 0.383 e. The van der Waals surface area contributed by atoms with Gasteiger partial charge < -0.3 is 14.8 Å². The first-order chi connectivity index (χ1) is 8.01. The summed E-state index contributed by atoms with van der Waals surface area (Å²) < 4.78 is 10.6. The highest BCUT2D eigenvalue weighted by Crippen LogP contribution is 2.15. The molecule has 1 aromatic rings. The summed E-state index contributed by atoms with van der Waals surface area (Å²) in [6.07, 6.45) is 0. The molecule has 0 atom stereocenters. The Labute approximate surface area is 107 Å². The van der Waals surface area contributed by atoms with E-state index in [9.17, 15) is 0 Å². The van der Waals surface area contributed by atoms with E-state index in [0.717, 1.165) is 23.1 Å². The SMILES string of the molecule is COCCNCc1nnc(COC(C)(C)C)s1. The van der Waals surface area contributed by atoms with Gasteiger partial charge in [0.15, 0.2) is 0 Å². The molecule has 0 spiro atoms. The second-order valence-corrected chi connectivity index (χ2v) is 5.81. The van der Waals surface area contributed by atoms with Crippen LogP contribution in [0.4, 0.5) is 0 Å². The highest BCUT2D eigenvalue weighted by atomic mass is 32.1. The Morgan fingerprint density at radius 1 is 1.24 bits per heavy atom. The van der Waals surface area contributed by atoms with E-state index in [0.29, 0.717) is 13.2 Å². The molecule has 0 aliphatic rings. The molecule has 1 rings (SSSR count). The maximum absolute atomic E-state index is 5.64. The van der Waals surface area contributed by atoms with E-state index >= 15 is 0 Å². The van der Waals surface area contributed by atoms with Crippen LogP contribution in [0.1, 0.15) is 30.8 Å². The molecule has 0 unspecified atom stereocenters. The van der Waals surface area contributed by atoms with E-state index < -0.39 is 0 Å².